The molecule has 0 aliphatic carbocycles. The van der Waals surface area contributed by atoms with Gasteiger partial charge < -0.3 is 14.2 Å². The standard InChI is InChI=1S/C60H116O6/c1-5-7-9-11-13-15-17-18-19-25-29-33-37-41-45-49-53-60(63)66-57(54-64-58(61)51-47-43-39-35-30-16-14-12-10-8-6-2)55-65-59(62)52-48-44-40-36-32-28-26-23-21-20-22-24-27-31-34-38-42-46-50-56(3)4/h56-57H,5-55H2,1-4H3/t57-/m1/s1. The third kappa shape index (κ3) is 53.4. The first-order valence-electron chi connectivity index (χ1n) is 29.9. The second kappa shape index (κ2) is 54.4. The van der Waals surface area contributed by atoms with Crippen LogP contribution in [0, 0.1) is 5.92 Å². The Hall–Kier alpha value is -1.59. The van der Waals surface area contributed by atoms with Crippen LogP contribution in [0.1, 0.15) is 342 Å². The summed E-state index contributed by atoms with van der Waals surface area (Å²) in [4.78, 5) is 38.1. The first kappa shape index (κ1) is 64.4. The van der Waals surface area contributed by atoms with E-state index in [1.54, 1.807) is 0 Å². The van der Waals surface area contributed by atoms with Gasteiger partial charge in [0, 0.05) is 19.3 Å². The molecule has 0 aromatic heterocycles. The summed E-state index contributed by atoms with van der Waals surface area (Å²) in [6, 6.07) is 0. The molecular formula is C60H116O6. The Morgan fingerprint density at radius 3 is 0.742 bits per heavy atom. The van der Waals surface area contributed by atoms with Crippen molar-refractivity contribution >= 4 is 17.9 Å². The van der Waals surface area contributed by atoms with Crippen LogP contribution in [0.15, 0.2) is 0 Å². The number of carbonyl (C=O) groups is 3. The molecule has 392 valence electrons. The Balaban J connectivity index is 4.22. The average Bonchev–Trinajstić information content (AvgIpc) is 3.30. The van der Waals surface area contributed by atoms with Crippen molar-refractivity contribution in [2.75, 3.05) is 13.2 Å². The number of carbonyl (C=O) groups excluding carboxylic acids is 3. The Labute approximate surface area is 412 Å². The second-order valence-electron chi connectivity index (χ2n) is 21.1. The highest BCUT2D eigenvalue weighted by atomic mass is 16.6. The van der Waals surface area contributed by atoms with Gasteiger partial charge in [-0.05, 0) is 25.2 Å². The van der Waals surface area contributed by atoms with Crippen LogP contribution < -0.4 is 0 Å². The highest BCUT2D eigenvalue weighted by Crippen LogP contribution is 2.18. The molecule has 0 heterocycles. The minimum Gasteiger partial charge on any atom is -0.462 e. The number of rotatable bonds is 55. The van der Waals surface area contributed by atoms with Crippen molar-refractivity contribution in [2.45, 2.75) is 348 Å². The molecule has 0 aromatic carbocycles. The molecule has 0 aromatic rings. The molecule has 0 N–H and O–H groups in total. The van der Waals surface area contributed by atoms with Gasteiger partial charge in [-0.25, -0.2) is 0 Å². The van der Waals surface area contributed by atoms with Gasteiger partial charge in [0.25, 0.3) is 0 Å². The summed E-state index contributed by atoms with van der Waals surface area (Å²) < 4.78 is 16.9. The van der Waals surface area contributed by atoms with E-state index in [0.717, 1.165) is 63.7 Å². The zero-order valence-electron chi connectivity index (χ0n) is 45.2. The lowest BCUT2D eigenvalue weighted by Crippen LogP contribution is -2.30. The fraction of sp³-hybridized carbons (Fsp3) is 0.950. The van der Waals surface area contributed by atoms with Crippen molar-refractivity contribution < 1.29 is 28.6 Å². The van der Waals surface area contributed by atoms with Crippen LogP contribution >= 0.6 is 0 Å². The molecule has 0 bridgehead atoms. The minimum absolute atomic E-state index is 0.0616. The summed E-state index contributed by atoms with van der Waals surface area (Å²) in [7, 11) is 0. The van der Waals surface area contributed by atoms with Gasteiger partial charge in [0.2, 0.25) is 0 Å². The summed E-state index contributed by atoms with van der Waals surface area (Å²) in [6.45, 7) is 9.07. The van der Waals surface area contributed by atoms with Gasteiger partial charge in [0.15, 0.2) is 6.10 Å². The molecule has 0 saturated carbocycles. The highest BCUT2D eigenvalue weighted by molar-refractivity contribution is 5.71. The first-order chi connectivity index (χ1) is 32.4. The maximum atomic E-state index is 12.8. The number of hydrogen-bond donors (Lipinski definition) is 0. The molecule has 0 rings (SSSR count). The molecule has 0 spiro atoms. The Morgan fingerprint density at radius 1 is 0.288 bits per heavy atom. The summed E-state index contributed by atoms with van der Waals surface area (Å²) in [6.07, 6.45) is 59.6. The van der Waals surface area contributed by atoms with Gasteiger partial charge in [0.1, 0.15) is 13.2 Å². The van der Waals surface area contributed by atoms with Crippen LogP contribution in [-0.4, -0.2) is 37.2 Å². The van der Waals surface area contributed by atoms with E-state index in [1.807, 2.05) is 0 Å². The predicted molar refractivity (Wildman–Crippen MR) is 284 cm³/mol. The molecule has 0 fully saturated rings. The van der Waals surface area contributed by atoms with Crippen LogP contribution in [0.4, 0.5) is 0 Å². The highest BCUT2D eigenvalue weighted by Gasteiger charge is 2.19. The van der Waals surface area contributed by atoms with Crippen molar-refractivity contribution in [1.82, 2.24) is 0 Å². The van der Waals surface area contributed by atoms with E-state index in [4.69, 9.17) is 14.2 Å². The van der Waals surface area contributed by atoms with Crippen LogP contribution in [0.3, 0.4) is 0 Å². The van der Waals surface area contributed by atoms with Gasteiger partial charge in [-0.15, -0.1) is 0 Å². The lowest BCUT2D eigenvalue weighted by atomic mass is 10.0. The fourth-order valence-electron chi connectivity index (χ4n) is 9.28. The second-order valence-corrected chi connectivity index (χ2v) is 21.1. The molecule has 66 heavy (non-hydrogen) atoms. The number of hydrogen-bond acceptors (Lipinski definition) is 6. The zero-order chi connectivity index (χ0) is 48.1. The molecule has 0 aliphatic rings. The van der Waals surface area contributed by atoms with Crippen molar-refractivity contribution in [2.24, 2.45) is 5.92 Å². The summed E-state index contributed by atoms with van der Waals surface area (Å²) in [5.41, 5.74) is 0. The number of esters is 3. The molecule has 0 amide bonds. The zero-order valence-corrected chi connectivity index (χ0v) is 45.2. The van der Waals surface area contributed by atoms with Crippen molar-refractivity contribution in [3.8, 4) is 0 Å². The molecule has 6 nitrogen and oxygen atoms in total. The largest absolute Gasteiger partial charge is 0.462 e. The quantitative estimate of drug-likeness (QED) is 0.0343. The molecular weight excluding hydrogens is 817 g/mol. The predicted octanol–water partition coefficient (Wildman–Crippen LogP) is 19.8. The third-order valence-corrected chi connectivity index (χ3v) is 13.8. The average molecular weight is 934 g/mol. The van der Waals surface area contributed by atoms with E-state index in [2.05, 4.69) is 27.7 Å². The van der Waals surface area contributed by atoms with Crippen LogP contribution in [0.25, 0.3) is 0 Å². The molecule has 0 radical (unpaired) electrons. The van der Waals surface area contributed by atoms with E-state index in [0.29, 0.717) is 19.3 Å². The molecule has 0 aliphatic heterocycles. The van der Waals surface area contributed by atoms with Crippen molar-refractivity contribution in [3.63, 3.8) is 0 Å². The first-order valence-corrected chi connectivity index (χ1v) is 29.9. The van der Waals surface area contributed by atoms with E-state index in [9.17, 15) is 14.4 Å². The van der Waals surface area contributed by atoms with E-state index >= 15 is 0 Å². The minimum atomic E-state index is -0.761. The fourth-order valence-corrected chi connectivity index (χ4v) is 9.28. The summed E-state index contributed by atoms with van der Waals surface area (Å²) in [5.74, 6) is 0.0253. The molecule has 1 atom stereocenters. The summed E-state index contributed by atoms with van der Waals surface area (Å²) >= 11 is 0. The lowest BCUT2D eigenvalue weighted by Gasteiger charge is -2.18. The van der Waals surface area contributed by atoms with E-state index in [-0.39, 0.29) is 31.1 Å². The van der Waals surface area contributed by atoms with Gasteiger partial charge in [0.05, 0.1) is 0 Å². The third-order valence-electron chi connectivity index (χ3n) is 13.8. The maximum Gasteiger partial charge on any atom is 0.306 e. The van der Waals surface area contributed by atoms with Crippen molar-refractivity contribution in [3.05, 3.63) is 0 Å². The Bertz CT molecular complexity index is 996. The van der Waals surface area contributed by atoms with E-state index in [1.165, 1.54) is 238 Å². The van der Waals surface area contributed by atoms with Gasteiger partial charge in [-0.3, -0.25) is 14.4 Å². The van der Waals surface area contributed by atoms with Gasteiger partial charge >= 0.3 is 17.9 Å². The lowest BCUT2D eigenvalue weighted by molar-refractivity contribution is -0.167. The van der Waals surface area contributed by atoms with Gasteiger partial charge in [-0.2, -0.15) is 0 Å². The Kier molecular flexibility index (Phi) is 53.0. The molecule has 0 saturated heterocycles. The van der Waals surface area contributed by atoms with E-state index < -0.39 is 6.10 Å². The number of ether oxygens (including phenoxy) is 3. The van der Waals surface area contributed by atoms with Crippen LogP contribution in [0.2, 0.25) is 0 Å². The molecule has 6 heteroatoms. The summed E-state index contributed by atoms with van der Waals surface area (Å²) in [5, 5.41) is 0. The monoisotopic (exact) mass is 933 g/mol. The smallest absolute Gasteiger partial charge is 0.306 e. The van der Waals surface area contributed by atoms with Crippen LogP contribution in [0.5, 0.6) is 0 Å². The van der Waals surface area contributed by atoms with Crippen molar-refractivity contribution in [1.29, 1.82) is 0 Å². The Morgan fingerprint density at radius 2 is 0.500 bits per heavy atom. The number of unbranched alkanes of at least 4 members (excludes halogenated alkanes) is 42. The SMILES string of the molecule is CCCCCCCCCCCCCCCCCCC(=O)O[C@H](COC(=O)CCCCCCCCCCCCC)COC(=O)CCCCCCCCCCCCCCCCCCCCC(C)C. The maximum absolute atomic E-state index is 12.8. The van der Waals surface area contributed by atoms with Crippen LogP contribution in [-0.2, 0) is 28.6 Å². The topological polar surface area (TPSA) is 78.9 Å². The normalized spacial score (nSPS) is 12.0. The molecule has 0 unspecified atom stereocenters. The van der Waals surface area contributed by atoms with Gasteiger partial charge in [-0.1, -0.05) is 304 Å².